The first-order valence-corrected chi connectivity index (χ1v) is 5.92. The van der Waals surface area contributed by atoms with Gasteiger partial charge >= 0.3 is 5.97 Å². The molecule has 1 aliphatic heterocycles. The van der Waals surface area contributed by atoms with E-state index in [-0.39, 0.29) is 11.4 Å². The van der Waals surface area contributed by atoms with E-state index < -0.39 is 16.9 Å². The third-order valence-electron chi connectivity index (χ3n) is 3.08. The Morgan fingerprint density at radius 3 is 2.71 bits per heavy atom. The summed E-state index contributed by atoms with van der Waals surface area (Å²) in [4.78, 5) is 25.2. The maximum atomic E-state index is 11.1. The highest BCUT2D eigenvalue weighted by atomic mass is 16.6. The molecule has 2 aromatic rings. The van der Waals surface area contributed by atoms with E-state index in [9.17, 15) is 14.9 Å². The van der Waals surface area contributed by atoms with Crippen molar-refractivity contribution in [2.45, 2.75) is 6.04 Å². The highest BCUT2D eigenvalue weighted by molar-refractivity contribution is 5.90. The molecule has 2 N–H and O–H groups in total. The number of allylic oxidation sites excluding steroid dienone is 1. The van der Waals surface area contributed by atoms with Crippen LogP contribution in [0.15, 0.2) is 42.4 Å². The summed E-state index contributed by atoms with van der Waals surface area (Å²) in [7, 11) is 0. The number of hydrogen-bond donors (Lipinski definition) is 2. The number of nitrogens with zero attached hydrogens (tertiary/aromatic N) is 4. The van der Waals surface area contributed by atoms with E-state index >= 15 is 0 Å². The maximum absolute atomic E-state index is 11.1. The molecule has 0 spiro atoms. The highest BCUT2D eigenvalue weighted by Gasteiger charge is 2.25. The predicted molar refractivity (Wildman–Crippen MR) is 70.6 cm³/mol. The van der Waals surface area contributed by atoms with Crippen molar-refractivity contribution in [3.63, 3.8) is 0 Å². The van der Waals surface area contributed by atoms with Gasteiger partial charge in [0.25, 0.3) is 5.69 Å². The number of benzene rings is 1. The number of non-ortho nitro benzene ring substituents is 1. The second-order valence-electron chi connectivity index (χ2n) is 4.33. The molecule has 0 saturated carbocycles. The monoisotopic (exact) mass is 287 g/mol. The zero-order valence-electron chi connectivity index (χ0n) is 10.5. The van der Waals surface area contributed by atoms with Crippen molar-refractivity contribution in [3.8, 4) is 0 Å². The third-order valence-corrected chi connectivity index (χ3v) is 3.08. The summed E-state index contributed by atoms with van der Waals surface area (Å²) in [6, 6.07) is 5.37. The molecule has 0 radical (unpaired) electrons. The van der Waals surface area contributed by atoms with Gasteiger partial charge in [0.2, 0.25) is 5.95 Å². The number of nitrogens with one attached hydrogen (secondary N) is 1. The average molecular weight is 287 g/mol. The largest absolute Gasteiger partial charge is 0.477 e. The normalized spacial score (nSPS) is 16.6. The average Bonchev–Trinajstić information content (AvgIpc) is 2.94. The zero-order valence-corrected chi connectivity index (χ0v) is 10.5. The second kappa shape index (κ2) is 4.71. The fourth-order valence-electron chi connectivity index (χ4n) is 2.09. The molecular weight excluding hydrogens is 278 g/mol. The van der Waals surface area contributed by atoms with Crippen LogP contribution in [0.4, 0.5) is 11.6 Å². The lowest BCUT2D eigenvalue weighted by atomic mass is 10.0. The fourth-order valence-corrected chi connectivity index (χ4v) is 2.09. The molecule has 9 heteroatoms. The van der Waals surface area contributed by atoms with E-state index in [2.05, 4.69) is 15.4 Å². The van der Waals surface area contributed by atoms with E-state index in [0.29, 0.717) is 11.5 Å². The van der Waals surface area contributed by atoms with E-state index in [0.717, 1.165) is 0 Å². The summed E-state index contributed by atoms with van der Waals surface area (Å²) in [5, 5.41) is 26.5. The Morgan fingerprint density at radius 2 is 2.10 bits per heavy atom. The molecule has 3 rings (SSSR count). The number of nitro groups is 1. The quantitative estimate of drug-likeness (QED) is 0.641. The van der Waals surface area contributed by atoms with E-state index in [4.69, 9.17) is 5.11 Å². The molecule has 0 amide bonds. The van der Waals surface area contributed by atoms with E-state index in [1.807, 2.05) is 0 Å². The Labute approximate surface area is 117 Å². The molecular formula is C12H9N5O4. The molecule has 0 saturated heterocycles. The van der Waals surface area contributed by atoms with Crippen molar-refractivity contribution in [1.82, 2.24) is 14.8 Å². The Hall–Kier alpha value is -3.23. The molecule has 106 valence electrons. The van der Waals surface area contributed by atoms with Gasteiger partial charge < -0.3 is 10.4 Å². The van der Waals surface area contributed by atoms with Crippen LogP contribution in [0.3, 0.4) is 0 Å². The van der Waals surface area contributed by atoms with Gasteiger partial charge in [0.15, 0.2) is 0 Å². The zero-order chi connectivity index (χ0) is 15.0. The standard InChI is InChI=1S/C12H9N5O4/c18-11(19)9-5-10(16-12(15-9)13-6-14-16)7-1-3-8(4-2-7)17(20)21/h1-6,10H,(H,18,19)(H,13,14,15)/t10-/m0/s1. The van der Waals surface area contributed by atoms with Gasteiger partial charge in [-0.2, -0.15) is 10.1 Å². The minimum atomic E-state index is -1.11. The Bertz CT molecular complexity index is 749. The Balaban J connectivity index is 2.04. The first kappa shape index (κ1) is 12.8. The number of hydrogen-bond acceptors (Lipinski definition) is 6. The lowest BCUT2D eigenvalue weighted by Gasteiger charge is -2.22. The third kappa shape index (κ3) is 2.20. The molecule has 1 aromatic heterocycles. The topological polar surface area (TPSA) is 123 Å². The summed E-state index contributed by atoms with van der Waals surface area (Å²) in [6.07, 6.45) is 2.78. The molecule has 0 aliphatic carbocycles. The lowest BCUT2D eigenvalue weighted by molar-refractivity contribution is -0.384. The fraction of sp³-hybridized carbons (Fsp3) is 0.0833. The summed E-state index contributed by atoms with van der Waals surface area (Å²) < 4.78 is 1.51. The molecule has 2 heterocycles. The number of aliphatic carboxylic acids is 1. The summed E-state index contributed by atoms with van der Waals surface area (Å²) in [6.45, 7) is 0. The van der Waals surface area contributed by atoms with Crippen LogP contribution < -0.4 is 5.32 Å². The molecule has 1 aromatic carbocycles. The number of carboxylic acid groups (broad SMARTS) is 1. The molecule has 9 nitrogen and oxygen atoms in total. The summed E-state index contributed by atoms with van der Waals surface area (Å²) in [5.74, 6) is -0.811. The number of aromatic nitrogens is 3. The van der Waals surface area contributed by atoms with Crippen LogP contribution in [-0.2, 0) is 4.79 Å². The van der Waals surface area contributed by atoms with E-state index in [1.165, 1.54) is 29.2 Å². The summed E-state index contributed by atoms with van der Waals surface area (Å²) >= 11 is 0. The molecule has 1 aliphatic rings. The van der Waals surface area contributed by atoms with Gasteiger partial charge in [0.05, 0.1) is 4.92 Å². The van der Waals surface area contributed by atoms with Crippen LogP contribution in [0.1, 0.15) is 11.6 Å². The maximum Gasteiger partial charge on any atom is 0.352 e. The number of carboxylic acids is 1. The smallest absolute Gasteiger partial charge is 0.352 e. The van der Waals surface area contributed by atoms with Gasteiger partial charge in [-0.05, 0) is 23.8 Å². The van der Waals surface area contributed by atoms with Crippen molar-refractivity contribution in [2.75, 3.05) is 5.32 Å². The van der Waals surface area contributed by atoms with Crippen molar-refractivity contribution < 1.29 is 14.8 Å². The van der Waals surface area contributed by atoms with Crippen LogP contribution in [0.2, 0.25) is 0 Å². The second-order valence-corrected chi connectivity index (χ2v) is 4.33. The van der Waals surface area contributed by atoms with Gasteiger partial charge in [0.1, 0.15) is 18.1 Å². The van der Waals surface area contributed by atoms with Gasteiger partial charge in [-0.1, -0.05) is 0 Å². The van der Waals surface area contributed by atoms with Crippen LogP contribution in [0.5, 0.6) is 0 Å². The minimum Gasteiger partial charge on any atom is -0.477 e. The number of fused-ring (bicyclic) bond motifs is 1. The summed E-state index contributed by atoms with van der Waals surface area (Å²) in [5.41, 5.74) is 0.625. The molecule has 1 atom stereocenters. The first-order valence-electron chi connectivity index (χ1n) is 5.92. The lowest BCUT2D eigenvalue weighted by Crippen LogP contribution is -2.24. The van der Waals surface area contributed by atoms with Crippen molar-refractivity contribution in [1.29, 1.82) is 0 Å². The van der Waals surface area contributed by atoms with Crippen molar-refractivity contribution in [3.05, 3.63) is 58.0 Å². The van der Waals surface area contributed by atoms with Crippen LogP contribution in [0.25, 0.3) is 0 Å². The predicted octanol–water partition coefficient (Wildman–Crippen LogP) is 1.17. The van der Waals surface area contributed by atoms with Crippen molar-refractivity contribution >= 4 is 17.6 Å². The molecule has 0 fully saturated rings. The van der Waals surface area contributed by atoms with Crippen LogP contribution >= 0.6 is 0 Å². The van der Waals surface area contributed by atoms with Crippen LogP contribution in [-0.4, -0.2) is 30.8 Å². The molecule has 21 heavy (non-hydrogen) atoms. The van der Waals surface area contributed by atoms with Gasteiger partial charge in [-0.25, -0.2) is 9.48 Å². The van der Waals surface area contributed by atoms with Gasteiger partial charge in [0, 0.05) is 12.1 Å². The number of anilines is 1. The number of carbonyl (C=O) groups is 1. The molecule has 0 unspecified atom stereocenters. The first-order chi connectivity index (χ1) is 10.1. The van der Waals surface area contributed by atoms with Gasteiger partial charge in [-0.15, -0.1) is 0 Å². The van der Waals surface area contributed by atoms with Crippen LogP contribution in [0, 0.1) is 10.1 Å². The Morgan fingerprint density at radius 1 is 1.38 bits per heavy atom. The SMILES string of the molecule is O=C(O)C1=C[C@@H](c2ccc([N+](=O)[O-])cc2)n2ncnc2N1. The number of nitro benzene ring substituents is 1. The molecule has 0 bridgehead atoms. The number of rotatable bonds is 3. The van der Waals surface area contributed by atoms with E-state index in [1.54, 1.807) is 12.1 Å². The Kier molecular flexibility index (Phi) is 2.87. The van der Waals surface area contributed by atoms with Crippen molar-refractivity contribution in [2.24, 2.45) is 0 Å². The minimum absolute atomic E-state index is 0.0150. The van der Waals surface area contributed by atoms with Gasteiger partial charge in [-0.3, -0.25) is 10.1 Å². The highest BCUT2D eigenvalue weighted by Crippen LogP contribution is 2.29.